The summed E-state index contributed by atoms with van der Waals surface area (Å²) in [5.41, 5.74) is -19.5. The summed E-state index contributed by atoms with van der Waals surface area (Å²) in [7, 11) is 0. The summed E-state index contributed by atoms with van der Waals surface area (Å²) in [4.78, 5) is 28.8. The smallest absolute Gasteiger partial charge is 0.657 e. The molecule has 0 saturated carbocycles. The van der Waals surface area contributed by atoms with E-state index in [2.05, 4.69) is 19.9 Å². The minimum atomic E-state index is -2.79. The maximum Gasteiger partial charge on any atom is 2.00 e. The van der Waals surface area contributed by atoms with Crippen molar-refractivity contribution in [1.82, 2.24) is 19.9 Å². The summed E-state index contributed by atoms with van der Waals surface area (Å²) in [5.74, 6) is -50.6. The van der Waals surface area contributed by atoms with Gasteiger partial charge < -0.3 is 23.5 Å². The molecule has 0 aliphatic carbocycles. The predicted molar refractivity (Wildman–Crippen MR) is 189 cm³/mol. The van der Waals surface area contributed by atoms with Crippen molar-refractivity contribution < 1.29 is 117 Å². The maximum atomic E-state index is 15.8. The largest absolute Gasteiger partial charge is 2.00 e. The molecule has 0 unspecified atom stereocenters. The first-order valence-electron chi connectivity index (χ1n) is 17.7. The van der Waals surface area contributed by atoms with Gasteiger partial charge in [-0.15, -0.1) is 22.1 Å². The van der Waals surface area contributed by atoms with E-state index in [1.54, 1.807) is 0 Å². The van der Waals surface area contributed by atoms with Crippen LogP contribution in [0.15, 0.2) is 33.1 Å². The van der Waals surface area contributed by atoms with E-state index in [0.29, 0.717) is 24.3 Å². The Kier molecular flexibility index (Phi) is 10.4. The zero-order chi connectivity index (χ0) is 48.1. The number of fused-ring (bicyclic) bond motifs is 14. The molecule has 68 heavy (non-hydrogen) atoms. The van der Waals surface area contributed by atoms with Crippen LogP contribution < -0.4 is 14.7 Å². The zero-order valence-electron chi connectivity index (χ0n) is 31.7. The molecule has 0 radical (unpaired) electrons. The molecule has 6 heterocycles. The molecule has 27 heteroatoms. The molecule has 4 aromatic carbocycles. The second kappa shape index (κ2) is 15.5. The van der Waals surface area contributed by atoms with Gasteiger partial charge in [0.25, 0.3) is 0 Å². The van der Waals surface area contributed by atoms with Crippen LogP contribution in [0.5, 0.6) is 5.88 Å². The Balaban J connectivity index is 0.00000578. The van der Waals surface area contributed by atoms with Gasteiger partial charge in [-0.2, -0.15) is 13.8 Å². The molecule has 0 amide bonds. The van der Waals surface area contributed by atoms with E-state index in [-0.39, 0.29) is 19.5 Å². The number of furan rings is 2. The van der Waals surface area contributed by atoms with Crippen molar-refractivity contribution in [3.63, 3.8) is 0 Å². The number of rotatable bonds is 2. The first-order valence-corrected chi connectivity index (χ1v) is 17.7. The Morgan fingerprint density at radius 3 is 1.09 bits per heavy atom. The van der Waals surface area contributed by atoms with Gasteiger partial charge >= 0.3 is 25.4 Å². The number of esters is 1. The van der Waals surface area contributed by atoms with E-state index in [1.165, 1.54) is 0 Å². The van der Waals surface area contributed by atoms with Gasteiger partial charge in [-0.1, -0.05) is 24.3 Å². The molecule has 340 valence electrons. The number of hydrogen-bond donors (Lipinski definition) is 0. The Hall–Kier alpha value is -7.57. The molecular weight excluding hydrogens is 1020 g/mol. The molecule has 9 aromatic rings. The van der Waals surface area contributed by atoms with Gasteiger partial charge in [-0.3, -0.25) is 0 Å². The molecule has 1 aliphatic heterocycles. The average Bonchev–Trinajstić information content (AvgIpc) is 4.17. The van der Waals surface area contributed by atoms with E-state index >= 15 is 35.1 Å². The number of nitrogens with zero attached hydrogens (tertiary/aromatic N) is 4. The minimum Gasteiger partial charge on any atom is -0.657 e. The van der Waals surface area contributed by atoms with Crippen LogP contribution in [-0.2, 0) is 19.5 Å². The number of ether oxygens (including phenoxy) is 1. The fourth-order valence-electron chi connectivity index (χ4n) is 7.31. The van der Waals surface area contributed by atoms with E-state index in [0.717, 1.165) is 0 Å². The van der Waals surface area contributed by atoms with E-state index in [9.17, 15) is 48.7 Å². The second-order valence-electron chi connectivity index (χ2n) is 13.8. The van der Waals surface area contributed by atoms with Gasteiger partial charge in [0.2, 0.25) is 52.2 Å². The van der Waals surface area contributed by atoms with Gasteiger partial charge in [0, 0.05) is 21.9 Å². The summed E-state index contributed by atoms with van der Waals surface area (Å²) in [6, 6.07) is 2.14. The first-order chi connectivity index (χ1) is 31.7. The number of benzene rings is 4. The van der Waals surface area contributed by atoms with Gasteiger partial charge in [0.05, 0.1) is 21.9 Å². The quantitative estimate of drug-likeness (QED) is 0.0554. The van der Waals surface area contributed by atoms with Crippen molar-refractivity contribution in [1.29, 1.82) is 0 Å². The molecule has 0 N–H and O–H groups in total. The van der Waals surface area contributed by atoms with Crippen LogP contribution in [0.25, 0.3) is 88.5 Å². The molecule has 8 nitrogen and oxygen atoms in total. The summed E-state index contributed by atoms with van der Waals surface area (Å²) in [6.45, 7) is 0. The molecule has 0 spiro atoms. The Morgan fingerprint density at radius 1 is 0.353 bits per heavy atom. The van der Waals surface area contributed by atoms with Gasteiger partial charge in [0.15, 0.2) is 86.7 Å². The number of hydrogen-bond acceptors (Lipinski definition) is 6. The summed E-state index contributed by atoms with van der Waals surface area (Å²) in [6.07, 6.45) is 0. The van der Waals surface area contributed by atoms with Crippen LogP contribution in [0.1, 0.15) is 10.5 Å². The molecule has 0 saturated heterocycles. The fourth-order valence-corrected chi connectivity index (χ4v) is 7.31. The van der Waals surface area contributed by atoms with Crippen molar-refractivity contribution in [3.05, 3.63) is 135 Å². The maximum absolute atomic E-state index is 15.8. The van der Waals surface area contributed by atoms with Crippen molar-refractivity contribution >= 4 is 72.2 Å². The monoisotopic (exact) mass is 1020 g/mol. The second-order valence-corrected chi connectivity index (χ2v) is 13.8. The molecular formula is C41H4F18N4O4Zn. The van der Waals surface area contributed by atoms with Crippen molar-refractivity contribution in [2.45, 2.75) is 0 Å². The molecule has 1 aliphatic rings. The van der Waals surface area contributed by atoms with Crippen LogP contribution in [-0.4, -0.2) is 15.9 Å². The first kappa shape index (κ1) is 45.6. The number of carbonyl (C=O) groups excluding carboxylic acids is 1. The van der Waals surface area contributed by atoms with Crippen LogP contribution in [0, 0.1) is 105 Å². The van der Waals surface area contributed by atoms with Crippen LogP contribution >= 0.6 is 0 Å². The Labute approximate surface area is 371 Å². The average molecular weight is 1020 g/mol. The zero-order valence-corrected chi connectivity index (χ0v) is 34.7. The number of carbonyl (C=O) groups is 1. The van der Waals surface area contributed by atoms with E-state index < -0.39 is 211 Å². The molecule has 10 rings (SSSR count). The van der Waals surface area contributed by atoms with Gasteiger partial charge in [-0.05, 0) is 0 Å². The molecule has 6 bridgehead atoms. The Morgan fingerprint density at radius 2 is 0.676 bits per heavy atom. The standard InChI is InChI=1S/C41H5F18N4O4.Zn/c42-17-13(18(43)24(49)29(54)23(17)48)9-5-1-2-7(60-5)11-15-21(46)27(52)31(56)33(58)36(15)65-39(11)63-40-12(16-22(47)28(53)32(57)34(59)37(16)66-40)8-4-3-6(61-8)10(38-62-35(9)41(64)67-38)14-19(44)25(50)30(55)26(51)20(14)45;/h1-4H,(H-,60,61,62,63,64);/q-1;+2/p-1. The minimum absolute atomic E-state index is 0. The van der Waals surface area contributed by atoms with Gasteiger partial charge in [-0.25, -0.2) is 80.0 Å². The third-order valence-electron chi connectivity index (χ3n) is 10.2. The topological polar surface area (TPSA) is 107 Å². The Bertz CT molecular complexity index is 3940. The van der Waals surface area contributed by atoms with Crippen LogP contribution in [0.2, 0.25) is 0 Å². The van der Waals surface area contributed by atoms with Crippen molar-refractivity contribution in [2.24, 2.45) is 0 Å². The van der Waals surface area contributed by atoms with Crippen molar-refractivity contribution in [2.75, 3.05) is 0 Å². The normalized spacial score (nSPS) is 12.3. The van der Waals surface area contributed by atoms with Crippen LogP contribution in [0.4, 0.5) is 79.0 Å². The predicted octanol–water partition coefficient (Wildman–Crippen LogP) is 12.1. The number of aromatic nitrogens is 4. The van der Waals surface area contributed by atoms with E-state index in [4.69, 9.17) is 13.6 Å². The molecule has 5 aromatic heterocycles. The third kappa shape index (κ3) is 6.05. The summed E-state index contributed by atoms with van der Waals surface area (Å²) >= 11 is 0. The SMILES string of the molecule is O=C1Oc2nc1c(-c1c(F)c(F)c(F)c(F)c1F)c1ccc([n-]1)c1c(nc3oc4c(F)c(F)c(F)c(F)c4c3c3ccc([n-]3)c2-c2c(F)c(F)c(F)c(F)c2F)oc2c(F)c(F)c(F)c(F)c21.[Zn+2]. The van der Waals surface area contributed by atoms with E-state index in [1.807, 2.05) is 0 Å². The molecule has 0 fully saturated rings. The van der Waals surface area contributed by atoms with Crippen LogP contribution in [0.3, 0.4) is 0 Å². The fraction of sp³-hybridized carbons (Fsp3) is 0. The van der Waals surface area contributed by atoms with Crippen molar-refractivity contribution in [3.8, 4) is 28.1 Å². The number of halogens is 18. The molecule has 0 atom stereocenters. The van der Waals surface area contributed by atoms with Gasteiger partial charge in [0.1, 0.15) is 0 Å². The summed E-state index contributed by atoms with van der Waals surface area (Å²) in [5, 5.41) is -5.29. The summed E-state index contributed by atoms with van der Waals surface area (Å²) < 4.78 is 288. The third-order valence-corrected chi connectivity index (χ3v) is 10.2.